The molecule has 1 radical (unpaired) electrons. The molecule has 0 unspecified atom stereocenters. The van der Waals surface area contributed by atoms with Gasteiger partial charge in [-0.25, -0.2) is 4.79 Å². The lowest BCUT2D eigenvalue weighted by Crippen LogP contribution is -2.49. The molecule has 1 aliphatic heterocycles. The largest absolute Gasteiger partial charge is 0.326 e. The van der Waals surface area contributed by atoms with E-state index in [1.54, 1.807) is 4.90 Å². The Morgan fingerprint density at radius 1 is 1.29 bits per heavy atom. The Hall–Kier alpha value is -2.04. The summed E-state index contributed by atoms with van der Waals surface area (Å²) >= 11 is 0. The normalized spacial score (nSPS) is 15.5. The van der Waals surface area contributed by atoms with Crippen molar-refractivity contribution in [3.05, 3.63) is 35.4 Å². The lowest BCUT2D eigenvalue weighted by atomic mass is 10.00. The minimum absolute atomic E-state index is 0.254. The Kier molecular flexibility index (Phi) is 4.83. The molecule has 2 N–H and O–H groups in total. The summed E-state index contributed by atoms with van der Waals surface area (Å²) in [6, 6.07) is 7.11. The zero-order chi connectivity index (χ0) is 15.4. The van der Waals surface area contributed by atoms with Gasteiger partial charge in [-0.1, -0.05) is 38.1 Å². The molecule has 1 aromatic carbocycles. The van der Waals surface area contributed by atoms with Gasteiger partial charge in [0.1, 0.15) is 6.04 Å². The maximum Gasteiger partial charge on any atom is 0.318 e. The highest BCUT2D eigenvalue weighted by Crippen LogP contribution is 2.18. The van der Waals surface area contributed by atoms with Crippen LogP contribution in [0, 0.1) is 5.92 Å². The molecule has 0 spiro atoms. The third-order valence-electron chi connectivity index (χ3n) is 3.74. The molecule has 1 aromatic rings. The predicted octanol–water partition coefficient (Wildman–Crippen LogP) is 1.98. The van der Waals surface area contributed by atoms with Crippen LogP contribution in [0.2, 0.25) is 0 Å². The quantitative estimate of drug-likeness (QED) is 0.920. The first-order valence-corrected chi connectivity index (χ1v) is 7.35. The fraction of sp³-hybridized carbons (Fsp3) is 0.500. The smallest absolute Gasteiger partial charge is 0.318 e. The summed E-state index contributed by atoms with van der Waals surface area (Å²) in [5.74, 6) is -0.471. The molecule has 3 amide bonds. The van der Waals surface area contributed by atoms with Gasteiger partial charge in [-0.3, -0.25) is 10.5 Å². The van der Waals surface area contributed by atoms with Crippen LogP contribution in [0.25, 0.3) is 0 Å². The van der Waals surface area contributed by atoms with E-state index >= 15 is 0 Å². The molecule has 21 heavy (non-hydrogen) atoms. The lowest BCUT2D eigenvalue weighted by Gasteiger charge is -2.30. The van der Waals surface area contributed by atoms with Crippen LogP contribution in [0.5, 0.6) is 0 Å². The zero-order valence-corrected chi connectivity index (χ0v) is 12.6. The van der Waals surface area contributed by atoms with E-state index in [-0.39, 0.29) is 11.9 Å². The summed E-state index contributed by atoms with van der Waals surface area (Å²) in [7, 11) is 0. The van der Waals surface area contributed by atoms with Crippen molar-refractivity contribution in [2.24, 2.45) is 5.92 Å². The highest BCUT2D eigenvalue weighted by Gasteiger charge is 2.25. The summed E-state index contributed by atoms with van der Waals surface area (Å²) in [5.41, 5.74) is 9.70. The number of urea groups is 1. The molecule has 0 saturated heterocycles. The van der Waals surface area contributed by atoms with Crippen LogP contribution in [0.3, 0.4) is 0 Å². The minimum Gasteiger partial charge on any atom is -0.326 e. The Morgan fingerprint density at radius 2 is 1.95 bits per heavy atom. The highest BCUT2D eigenvalue weighted by molar-refractivity contribution is 5.85. The van der Waals surface area contributed by atoms with Gasteiger partial charge in [-0.2, -0.15) is 0 Å². The molecule has 113 valence electrons. The molecule has 0 aromatic heterocycles. The van der Waals surface area contributed by atoms with Gasteiger partial charge < -0.3 is 10.2 Å². The second kappa shape index (κ2) is 6.61. The van der Waals surface area contributed by atoms with Crippen LogP contribution >= 0.6 is 0 Å². The van der Waals surface area contributed by atoms with E-state index in [1.807, 2.05) is 32.0 Å². The number of rotatable bonds is 4. The van der Waals surface area contributed by atoms with Crippen LogP contribution < -0.4 is 11.1 Å². The zero-order valence-electron chi connectivity index (χ0n) is 12.6. The number of hydrogen-bond acceptors (Lipinski definition) is 2. The van der Waals surface area contributed by atoms with Crippen molar-refractivity contribution >= 4 is 11.9 Å². The van der Waals surface area contributed by atoms with Crippen LogP contribution in [0.15, 0.2) is 24.3 Å². The van der Waals surface area contributed by atoms with E-state index in [2.05, 4.69) is 11.4 Å². The van der Waals surface area contributed by atoms with Crippen molar-refractivity contribution < 1.29 is 9.59 Å². The lowest BCUT2D eigenvalue weighted by molar-refractivity contribution is -0.120. The fourth-order valence-corrected chi connectivity index (χ4v) is 2.61. The average Bonchev–Trinajstić information content (AvgIpc) is 2.45. The van der Waals surface area contributed by atoms with Gasteiger partial charge in [0.15, 0.2) is 0 Å². The van der Waals surface area contributed by atoms with E-state index < -0.39 is 11.9 Å². The average molecular weight is 288 g/mol. The van der Waals surface area contributed by atoms with Gasteiger partial charge in [0.25, 0.3) is 5.91 Å². The number of amides is 3. The third-order valence-corrected chi connectivity index (χ3v) is 3.74. The number of carbonyl (C=O) groups is 2. The van der Waals surface area contributed by atoms with Crippen molar-refractivity contribution in [2.75, 3.05) is 6.54 Å². The third kappa shape index (κ3) is 3.97. The molecule has 1 heterocycles. The molecule has 1 aliphatic rings. The highest BCUT2D eigenvalue weighted by atomic mass is 16.2. The summed E-state index contributed by atoms with van der Waals surface area (Å²) in [5, 5.41) is 2.70. The topological polar surface area (TPSA) is 73.2 Å². The molecule has 0 saturated carbocycles. The molecular weight excluding hydrogens is 266 g/mol. The molecule has 5 nitrogen and oxygen atoms in total. The van der Waals surface area contributed by atoms with E-state index in [0.717, 1.165) is 12.0 Å². The second-order valence-corrected chi connectivity index (χ2v) is 5.94. The van der Waals surface area contributed by atoms with E-state index in [9.17, 15) is 9.59 Å². The van der Waals surface area contributed by atoms with E-state index in [0.29, 0.717) is 19.5 Å². The molecule has 5 heteroatoms. The SMILES string of the molecule is CC(C)C[C@H](NC(=O)N1CCc2ccccc2C1)C([NH])=O. The van der Waals surface area contributed by atoms with Gasteiger partial charge in [-0.05, 0) is 29.9 Å². The van der Waals surface area contributed by atoms with Crippen molar-refractivity contribution in [3.8, 4) is 0 Å². The summed E-state index contributed by atoms with van der Waals surface area (Å²) in [4.78, 5) is 25.3. The number of fused-ring (bicyclic) bond motifs is 1. The molecule has 0 bridgehead atoms. The van der Waals surface area contributed by atoms with E-state index in [4.69, 9.17) is 5.73 Å². The monoisotopic (exact) mass is 288 g/mol. The first-order chi connectivity index (χ1) is 9.97. The molecule has 2 rings (SSSR count). The number of benzene rings is 1. The van der Waals surface area contributed by atoms with Crippen molar-refractivity contribution in [2.45, 2.75) is 39.3 Å². The van der Waals surface area contributed by atoms with Crippen LogP contribution in [-0.4, -0.2) is 29.4 Å². The Morgan fingerprint density at radius 3 is 2.57 bits per heavy atom. The molecule has 0 fully saturated rings. The number of nitrogens with one attached hydrogen (secondary N) is 2. The van der Waals surface area contributed by atoms with Gasteiger partial charge in [-0.15, -0.1) is 0 Å². The van der Waals surface area contributed by atoms with Crippen LogP contribution in [0.4, 0.5) is 4.79 Å². The van der Waals surface area contributed by atoms with Crippen molar-refractivity contribution in [3.63, 3.8) is 0 Å². The first kappa shape index (κ1) is 15.4. The predicted molar refractivity (Wildman–Crippen MR) is 80.4 cm³/mol. The number of hydrogen-bond donors (Lipinski definition) is 1. The number of carbonyl (C=O) groups excluding carboxylic acids is 2. The van der Waals surface area contributed by atoms with E-state index in [1.165, 1.54) is 5.56 Å². The molecule has 1 atom stereocenters. The Bertz CT molecular complexity index is 528. The van der Waals surface area contributed by atoms with Gasteiger partial charge >= 0.3 is 6.03 Å². The summed E-state index contributed by atoms with van der Waals surface area (Å²) < 4.78 is 0. The minimum atomic E-state index is -0.727. The molecule has 0 aliphatic carbocycles. The summed E-state index contributed by atoms with van der Waals surface area (Å²) in [6.07, 6.45) is 1.33. The summed E-state index contributed by atoms with van der Waals surface area (Å²) in [6.45, 7) is 5.14. The standard InChI is InChI=1S/C16H22N3O2/c1-11(2)9-14(15(17)20)18-16(21)19-8-7-12-5-3-4-6-13(12)10-19/h3-6,11,14,17H,7-10H2,1-2H3,(H,18,21)/t14-/m0/s1. The Labute approximate surface area is 125 Å². The second-order valence-electron chi connectivity index (χ2n) is 5.94. The maximum absolute atomic E-state index is 12.3. The van der Waals surface area contributed by atoms with Gasteiger partial charge in [0.2, 0.25) is 0 Å². The maximum atomic E-state index is 12.3. The van der Waals surface area contributed by atoms with Crippen LogP contribution in [-0.2, 0) is 17.8 Å². The fourth-order valence-electron chi connectivity index (χ4n) is 2.61. The van der Waals surface area contributed by atoms with Gasteiger partial charge in [0.05, 0.1) is 0 Å². The van der Waals surface area contributed by atoms with Crippen molar-refractivity contribution in [1.82, 2.24) is 16.0 Å². The number of nitrogens with zero attached hydrogens (tertiary/aromatic N) is 1. The van der Waals surface area contributed by atoms with Crippen LogP contribution in [0.1, 0.15) is 31.4 Å². The van der Waals surface area contributed by atoms with Crippen molar-refractivity contribution in [1.29, 1.82) is 0 Å². The van der Waals surface area contributed by atoms with Gasteiger partial charge in [0, 0.05) is 13.1 Å². The first-order valence-electron chi connectivity index (χ1n) is 7.35. The molecular formula is C16H22N3O2. The Balaban J connectivity index is 1.99.